The van der Waals surface area contributed by atoms with E-state index in [2.05, 4.69) is 46.1 Å². The van der Waals surface area contributed by atoms with Gasteiger partial charge in [-0.1, -0.05) is 24.3 Å². The summed E-state index contributed by atoms with van der Waals surface area (Å²) >= 11 is 0. The summed E-state index contributed by atoms with van der Waals surface area (Å²) in [6.45, 7) is 2.89. The van der Waals surface area contributed by atoms with Crippen molar-refractivity contribution in [3.05, 3.63) is 47.3 Å². The van der Waals surface area contributed by atoms with E-state index in [-0.39, 0.29) is 6.10 Å². The fourth-order valence-electron chi connectivity index (χ4n) is 3.64. The van der Waals surface area contributed by atoms with E-state index in [1.165, 1.54) is 23.7 Å². The maximum absolute atomic E-state index is 7.58. The maximum Gasteiger partial charge on any atom is 0.142 e. The third kappa shape index (κ3) is 4.02. The second-order valence-electron chi connectivity index (χ2n) is 6.89. The summed E-state index contributed by atoms with van der Waals surface area (Å²) in [7, 11) is 2.01. The number of nitrogens with one attached hydrogen (secondary N) is 1. The molecule has 26 heavy (non-hydrogen) atoms. The molecule has 2 aromatic rings. The number of anilines is 2. The first-order valence-electron chi connectivity index (χ1n) is 9.10. The summed E-state index contributed by atoms with van der Waals surface area (Å²) in [6.07, 6.45) is 6.96. The van der Waals surface area contributed by atoms with E-state index < -0.39 is 0 Å². The number of hydrogen-bond acceptors (Lipinski definition) is 6. The highest BCUT2D eigenvalue weighted by Crippen LogP contribution is 2.30. The van der Waals surface area contributed by atoms with Gasteiger partial charge in [0.2, 0.25) is 0 Å². The highest BCUT2D eigenvalue weighted by Gasteiger charge is 2.30. The number of benzene rings is 1. The van der Waals surface area contributed by atoms with Gasteiger partial charge in [-0.25, -0.2) is 9.97 Å². The first-order valence-corrected chi connectivity index (χ1v) is 9.10. The molecule has 6 heteroatoms. The predicted molar refractivity (Wildman–Crippen MR) is 105 cm³/mol. The molecule has 0 amide bonds. The van der Waals surface area contributed by atoms with Gasteiger partial charge in [-0.15, -0.1) is 0 Å². The molecular formula is C20H27N5O. The average molecular weight is 353 g/mol. The van der Waals surface area contributed by atoms with Gasteiger partial charge in [-0.05, 0) is 43.7 Å². The van der Waals surface area contributed by atoms with E-state index in [0.29, 0.717) is 17.4 Å². The van der Waals surface area contributed by atoms with Crippen molar-refractivity contribution >= 4 is 17.9 Å². The lowest BCUT2D eigenvalue weighted by atomic mass is 10.1. The van der Waals surface area contributed by atoms with Crippen molar-refractivity contribution in [2.24, 2.45) is 0 Å². The van der Waals surface area contributed by atoms with E-state index in [1.807, 2.05) is 7.05 Å². The quantitative estimate of drug-likeness (QED) is 0.747. The largest absolute Gasteiger partial charge is 0.383 e. The second kappa shape index (κ2) is 8.27. The van der Waals surface area contributed by atoms with Crippen molar-refractivity contribution in [3.63, 3.8) is 0 Å². The van der Waals surface area contributed by atoms with Crippen molar-refractivity contribution in [2.75, 3.05) is 24.3 Å². The molecule has 0 unspecified atom stereocenters. The zero-order chi connectivity index (χ0) is 18.5. The molecule has 0 spiro atoms. The Bertz CT molecular complexity index is 764. The number of hydrogen-bond donors (Lipinski definition) is 2. The fraction of sp³-hybridized carbons (Fsp3) is 0.450. The van der Waals surface area contributed by atoms with Crippen LogP contribution in [0.5, 0.6) is 0 Å². The molecule has 6 nitrogen and oxygen atoms in total. The molecule has 1 aromatic carbocycles. The average Bonchev–Trinajstić information content (AvgIpc) is 3.11. The molecule has 1 aliphatic rings. The van der Waals surface area contributed by atoms with Crippen molar-refractivity contribution in [3.8, 4) is 0 Å². The van der Waals surface area contributed by atoms with Gasteiger partial charge >= 0.3 is 0 Å². The minimum absolute atomic E-state index is 0.272. The monoisotopic (exact) mass is 353 g/mol. The summed E-state index contributed by atoms with van der Waals surface area (Å²) in [5, 5.41) is 7.58. The molecule has 1 saturated carbocycles. The van der Waals surface area contributed by atoms with E-state index in [9.17, 15) is 0 Å². The molecule has 1 fully saturated rings. The van der Waals surface area contributed by atoms with Crippen molar-refractivity contribution in [2.45, 2.75) is 44.8 Å². The normalized spacial score (nSPS) is 19.5. The Balaban J connectivity index is 1.54. The number of aromatic nitrogens is 2. The Hall–Kier alpha value is -2.47. The van der Waals surface area contributed by atoms with Crippen LogP contribution in [0.3, 0.4) is 0 Å². The third-order valence-corrected chi connectivity index (χ3v) is 5.26. The van der Waals surface area contributed by atoms with Crippen molar-refractivity contribution in [1.82, 2.24) is 9.97 Å². The predicted octanol–water partition coefficient (Wildman–Crippen LogP) is 2.98. The number of nitrogens with two attached hydrogens (primary N) is 1. The van der Waals surface area contributed by atoms with Crippen LogP contribution in [0.1, 0.15) is 36.0 Å². The molecule has 1 aromatic heterocycles. The summed E-state index contributed by atoms with van der Waals surface area (Å²) in [6, 6.07) is 8.80. The summed E-state index contributed by atoms with van der Waals surface area (Å²) < 4.78 is 6.13. The number of ether oxygens (including phenoxy) is 1. The Kier molecular flexibility index (Phi) is 5.83. The van der Waals surface area contributed by atoms with Gasteiger partial charge in [-0.3, -0.25) is 0 Å². The Morgan fingerprint density at radius 3 is 2.88 bits per heavy atom. The zero-order valence-corrected chi connectivity index (χ0v) is 15.5. The first kappa shape index (κ1) is 18.3. The van der Waals surface area contributed by atoms with Crippen LogP contribution in [0.25, 0.3) is 0 Å². The summed E-state index contributed by atoms with van der Waals surface area (Å²) in [5.74, 6) is 1.07. The van der Waals surface area contributed by atoms with E-state index >= 15 is 0 Å². The van der Waals surface area contributed by atoms with Gasteiger partial charge in [0, 0.05) is 19.3 Å². The van der Waals surface area contributed by atoms with Gasteiger partial charge in [0.1, 0.15) is 18.0 Å². The number of aryl methyl sites for hydroxylation is 1. The van der Waals surface area contributed by atoms with Gasteiger partial charge in [0.25, 0.3) is 0 Å². The fourth-order valence-corrected chi connectivity index (χ4v) is 3.64. The van der Waals surface area contributed by atoms with Crippen LogP contribution in [0.4, 0.5) is 11.6 Å². The first-order chi connectivity index (χ1) is 12.6. The topological polar surface area (TPSA) is 88.1 Å². The lowest BCUT2D eigenvalue weighted by molar-refractivity contribution is 0.0596. The van der Waals surface area contributed by atoms with Gasteiger partial charge in [-0.2, -0.15) is 0 Å². The van der Waals surface area contributed by atoms with Gasteiger partial charge in [0.05, 0.1) is 18.3 Å². The van der Waals surface area contributed by atoms with Gasteiger partial charge < -0.3 is 20.8 Å². The molecule has 1 aliphatic carbocycles. The molecule has 0 aliphatic heterocycles. The van der Waals surface area contributed by atoms with Crippen LogP contribution >= 0.6 is 0 Å². The minimum Gasteiger partial charge on any atom is -0.383 e. The van der Waals surface area contributed by atoms with E-state index in [4.69, 9.17) is 15.9 Å². The van der Waals surface area contributed by atoms with Crippen LogP contribution in [0, 0.1) is 12.3 Å². The SMILES string of the molecule is Cc1ccccc1CCO[C@H]1CC[C@H](N(C)c2ncnc(N)c2C=N)C1. The molecule has 0 saturated heterocycles. The lowest BCUT2D eigenvalue weighted by Gasteiger charge is -2.27. The minimum atomic E-state index is 0.272. The molecule has 1 heterocycles. The van der Waals surface area contributed by atoms with Crippen LogP contribution in [0.2, 0.25) is 0 Å². The van der Waals surface area contributed by atoms with Crippen LogP contribution in [-0.2, 0) is 11.2 Å². The highest BCUT2D eigenvalue weighted by atomic mass is 16.5. The van der Waals surface area contributed by atoms with Crippen molar-refractivity contribution < 1.29 is 4.74 Å². The third-order valence-electron chi connectivity index (χ3n) is 5.26. The van der Waals surface area contributed by atoms with Crippen LogP contribution < -0.4 is 10.6 Å². The number of nitrogen functional groups attached to an aromatic ring is 1. The van der Waals surface area contributed by atoms with E-state index in [0.717, 1.165) is 38.1 Å². The molecular weight excluding hydrogens is 326 g/mol. The Labute approximate surface area is 154 Å². The number of nitrogens with zero attached hydrogens (tertiary/aromatic N) is 3. The molecule has 138 valence electrons. The smallest absolute Gasteiger partial charge is 0.142 e. The molecule has 2 atom stereocenters. The summed E-state index contributed by atoms with van der Waals surface area (Å²) in [4.78, 5) is 10.4. The second-order valence-corrected chi connectivity index (χ2v) is 6.89. The molecule has 0 bridgehead atoms. The van der Waals surface area contributed by atoms with Gasteiger partial charge in [0.15, 0.2) is 0 Å². The van der Waals surface area contributed by atoms with Crippen molar-refractivity contribution in [1.29, 1.82) is 5.41 Å². The standard InChI is InChI=1S/C20H27N5O/c1-14-5-3-4-6-15(14)9-10-26-17-8-7-16(11-17)25(2)20-18(12-21)19(22)23-13-24-20/h3-6,12-13,16-17,21H,7-11H2,1-2H3,(H2,22,23,24)/t16-,17-/m0/s1. The number of rotatable bonds is 7. The Morgan fingerprint density at radius 1 is 1.31 bits per heavy atom. The molecule has 3 N–H and O–H groups in total. The van der Waals surface area contributed by atoms with E-state index in [1.54, 1.807) is 0 Å². The van der Waals surface area contributed by atoms with Crippen LogP contribution in [-0.4, -0.2) is 42.0 Å². The maximum atomic E-state index is 7.58. The highest BCUT2D eigenvalue weighted by molar-refractivity contribution is 5.90. The summed E-state index contributed by atoms with van der Waals surface area (Å²) in [5.41, 5.74) is 9.13. The zero-order valence-electron chi connectivity index (χ0n) is 15.5. The molecule has 0 radical (unpaired) electrons. The lowest BCUT2D eigenvalue weighted by Crippen LogP contribution is -2.32. The molecule has 3 rings (SSSR count). The van der Waals surface area contributed by atoms with Crippen LogP contribution in [0.15, 0.2) is 30.6 Å². The Morgan fingerprint density at radius 2 is 2.12 bits per heavy atom.